The summed E-state index contributed by atoms with van der Waals surface area (Å²) in [5.41, 5.74) is -0.0215. The Hall–Kier alpha value is -2.51. The van der Waals surface area contributed by atoms with Gasteiger partial charge in [0.1, 0.15) is 11.6 Å². The highest BCUT2D eigenvalue weighted by Crippen LogP contribution is 2.18. The zero-order valence-corrected chi connectivity index (χ0v) is 9.38. The standard InChI is InChI=1S/C10H10FN5O2/c1-5(9-13-15-16-14-9)12-10(18)7-3-2-6(11)4-8(7)17/h2-5,17H,1H3,(H,12,18)(H,13,14,15,16). The van der Waals surface area contributed by atoms with Crippen molar-refractivity contribution in [2.24, 2.45) is 0 Å². The Balaban J connectivity index is 2.12. The van der Waals surface area contributed by atoms with Crippen LogP contribution in [-0.2, 0) is 0 Å². The molecule has 3 N–H and O–H groups in total. The van der Waals surface area contributed by atoms with Crippen molar-refractivity contribution in [3.8, 4) is 5.75 Å². The van der Waals surface area contributed by atoms with Crippen LogP contribution in [0.25, 0.3) is 0 Å². The number of phenolic OH excluding ortho intramolecular Hbond substituents is 1. The summed E-state index contributed by atoms with van der Waals surface area (Å²) in [6.45, 7) is 1.66. The second kappa shape index (κ2) is 4.78. The summed E-state index contributed by atoms with van der Waals surface area (Å²) >= 11 is 0. The molecule has 0 saturated heterocycles. The fourth-order valence-corrected chi connectivity index (χ4v) is 1.39. The van der Waals surface area contributed by atoms with Crippen LogP contribution in [0.2, 0.25) is 0 Å². The Morgan fingerprint density at radius 2 is 2.33 bits per heavy atom. The van der Waals surface area contributed by atoms with Crippen molar-refractivity contribution in [2.75, 3.05) is 0 Å². The van der Waals surface area contributed by atoms with Crippen molar-refractivity contribution in [2.45, 2.75) is 13.0 Å². The van der Waals surface area contributed by atoms with Gasteiger partial charge in [0.05, 0.1) is 11.6 Å². The molecular formula is C10H10FN5O2. The number of nitrogens with one attached hydrogen (secondary N) is 2. The van der Waals surface area contributed by atoms with Crippen LogP contribution in [0.5, 0.6) is 5.75 Å². The van der Waals surface area contributed by atoms with Gasteiger partial charge in [0.15, 0.2) is 5.82 Å². The maximum atomic E-state index is 12.8. The predicted molar refractivity (Wildman–Crippen MR) is 58.1 cm³/mol. The van der Waals surface area contributed by atoms with E-state index in [1.54, 1.807) is 6.92 Å². The minimum atomic E-state index is -0.615. The van der Waals surface area contributed by atoms with E-state index in [1.807, 2.05) is 0 Å². The van der Waals surface area contributed by atoms with E-state index in [1.165, 1.54) is 6.07 Å². The summed E-state index contributed by atoms with van der Waals surface area (Å²) in [4.78, 5) is 11.8. The number of H-pyrrole nitrogens is 1. The fraction of sp³-hybridized carbons (Fsp3) is 0.200. The fourth-order valence-electron chi connectivity index (χ4n) is 1.39. The Morgan fingerprint density at radius 3 is 2.94 bits per heavy atom. The lowest BCUT2D eigenvalue weighted by Crippen LogP contribution is -2.27. The third-order valence-electron chi connectivity index (χ3n) is 2.30. The van der Waals surface area contributed by atoms with Gasteiger partial charge in [0.25, 0.3) is 5.91 Å². The Labute approximate surface area is 101 Å². The number of aromatic amines is 1. The van der Waals surface area contributed by atoms with Crippen LogP contribution >= 0.6 is 0 Å². The number of benzene rings is 1. The normalized spacial score (nSPS) is 12.1. The van der Waals surface area contributed by atoms with Crippen molar-refractivity contribution in [3.05, 3.63) is 35.4 Å². The van der Waals surface area contributed by atoms with Crippen LogP contribution in [0.15, 0.2) is 18.2 Å². The van der Waals surface area contributed by atoms with Crippen LogP contribution in [0.4, 0.5) is 4.39 Å². The number of hydrogen-bond acceptors (Lipinski definition) is 5. The maximum absolute atomic E-state index is 12.8. The Bertz CT molecular complexity index is 557. The van der Waals surface area contributed by atoms with Gasteiger partial charge in [-0.1, -0.05) is 5.21 Å². The topological polar surface area (TPSA) is 104 Å². The molecule has 2 rings (SSSR count). The van der Waals surface area contributed by atoms with Gasteiger partial charge < -0.3 is 10.4 Å². The molecule has 0 radical (unpaired) electrons. The monoisotopic (exact) mass is 251 g/mol. The molecule has 1 unspecified atom stereocenters. The summed E-state index contributed by atoms with van der Waals surface area (Å²) in [6, 6.07) is 2.67. The number of aromatic nitrogens is 4. The van der Waals surface area contributed by atoms with E-state index in [4.69, 9.17) is 0 Å². The third kappa shape index (κ3) is 2.42. The lowest BCUT2D eigenvalue weighted by Gasteiger charge is -2.10. The van der Waals surface area contributed by atoms with Gasteiger partial charge in [-0.2, -0.15) is 5.21 Å². The summed E-state index contributed by atoms with van der Waals surface area (Å²) in [7, 11) is 0. The number of amides is 1. The van der Waals surface area contributed by atoms with E-state index in [0.29, 0.717) is 5.82 Å². The first kappa shape index (κ1) is 12.0. The van der Waals surface area contributed by atoms with Crippen molar-refractivity contribution in [1.82, 2.24) is 25.9 Å². The molecule has 1 atom stereocenters. The molecule has 0 fully saturated rings. The Kier molecular flexibility index (Phi) is 3.18. The van der Waals surface area contributed by atoms with Crippen LogP contribution in [0.3, 0.4) is 0 Å². The van der Waals surface area contributed by atoms with E-state index < -0.39 is 23.5 Å². The third-order valence-corrected chi connectivity index (χ3v) is 2.30. The number of tetrazole rings is 1. The van der Waals surface area contributed by atoms with E-state index in [0.717, 1.165) is 12.1 Å². The van der Waals surface area contributed by atoms with Crippen molar-refractivity contribution in [1.29, 1.82) is 0 Å². The van der Waals surface area contributed by atoms with Gasteiger partial charge in [0, 0.05) is 6.07 Å². The molecule has 1 aromatic carbocycles. The van der Waals surface area contributed by atoms with Gasteiger partial charge in [-0.3, -0.25) is 4.79 Å². The van der Waals surface area contributed by atoms with Gasteiger partial charge >= 0.3 is 0 Å². The molecule has 2 aromatic rings. The average Bonchev–Trinajstić information content (AvgIpc) is 2.81. The zero-order valence-electron chi connectivity index (χ0n) is 9.38. The largest absolute Gasteiger partial charge is 0.507 e. The molecule has 18 heavy (non-hydrogen) atoms. The molecule has 0 aliphatic rings. The molecule has 1 aromatic heterocycles. The maximum Gasteiger partial charge on any atom is 0.255 e. The van der Waals surface area contributed by atoms with Gasteiger partial charge in [-0.15, -0.1) is 10.2 Å². The first-order chi connectivity index (χ1) is 8.58. The molecule has 94 valence electrons. The highest BCUT2D eigenvalue weighted by molar-refractivity contribution is 5.96. The highest BCUT2D eigenvalue weighted by Gasteiger charge is 2.17. The van der Waals surface area contributed by atoms with E-state index in [2.05, 4.69) is 25.9 Å². The van der Waals surface area contributed by atoms with E-state index in [9.17, 15) is 14.3 Å². The first-order valence-electron chi connectivity index (χ1n) is 5.10. The molecular weight excluding hydrogens is 241 g/mol. The number of hydrogen-bond donors (Lipinski definition) is 3. The smallest absolute Gasteiger partial charge is 0.255 e. The molecule has 7 nitrogen and oxygen atoms in total. The summed E-state index contributed by atoms with van der Waals surface area (Å²) < 4.78 is 12.8. The quantitative estimate of drug-likeness (QED) is 0.738. The minimum absolute atomic E-state index is 0.0215. The van der Waals surface area contributed by atoms with E-state index >= 15 is 0 Å². The van der Waals surface area contributed by atoms with Gasteiger partial charge in [0.2, 0.25) is 0 Å². The van der Waals surface area contributed by atoms with Crippen molar-refractivity contribution in [3.63, 3.8) is 0 Å². The second-order valence-corrected chi connectivity index (χ2v) is 3.63. The number of rotatable bonds is 3. The number of carbonyl (C=O) groups is 1. The Morgan fingerprint density at radius 1 is 1.56 bits per heavy atom. The van der Waals surface area contributed by atoms with Crippen LogP contribution in [0.1, 0.15) is 29.1 Å². The lowest BCUT2D eigenvalue weighted by molar-refractivity contribution is 0.0935. The molecule has 8 heteroatoms. The van der Waals surface area contributed by atoms with Crippen LogP contribution in [0, 0.1) is 5.82 Å². The van der Waals surface area contributed by atoms with Crippen molar-refractivity contribution >= 4 is 5.91 Å². The number of nitrogens with zero attached hydrogens (tertiary/aromatic N) is 3. The second-order valence-electron chi connectivity index (χ2n) is 3.63. The average molecular weight is 251 g/mol. The van der Waals surface area contributed by atoms with E-state index in [-0.39, 0.29) is 5.56 Å². The molecule has 0 bridgehead atoms. The highest BCUT2D eigenvalue weighted by atomic mass is 19.1. The summed E-state index contributed by atoms with van der Waals surface area (Å²) in [5.74, 6) is -1.28. The molecule has 0 aliphatic carbocycles. The molecule has 0 spiro atoms. The summed E-state index contributed by atoms with van der Waals surface area (Å²) in [5, 5.41) is 25.1. The number of aromatic hydroxyl groups is 1. The number of halogens is 1. The van der Waals surface area contributed by atoms with Crippen LogP contribution in [-0.4, -0.2) is 31.6 Å². The minimum Gasteiger partial charge on any atom is -0.507 e. The molecule has 1 amide bonds. The number of phenols is 1. The van der Waals surface area contributed by atoms with Crippen LogP contribution < -0.4 is 5.32 Å². The first-order valence-corrected chi connectivity index (χ1v) is 5.10. The SMILES string of the molecule is CC(NC(=O)c1ccc(F)cc1O)c1nn[nH]n1. The van der Waals surface area contributed by atoms with Gasteiger partial charge in [-0.05, 0) is 19.1 Å². The number of carbonyl (C=O) groups excluding carboxylic acids is 1. The zero-order chi connectivity index (χ0) is 13.1. The lowest BCUT2D eigenvalue weighted by atomic mass is 10.1. The predicted octanol–water partition coefficient (Wildman–Crippen LogP) is 0.535. The van der Waals surface area contributed by atoms with Crippen molar-refractivity contribution < 1.29 is 14.3 Å². The molecule has 0 aliphatic heterocycles. The summed E-state index contributed by atoms with van der Waals surface area (Å²) in [6.07, 6.45) is 0. The molecule has 1 heterocycles. The molecule has 0 saturated carbocycles. The van der Waals surface area contributed by atoms with Gasteiger partial charge in [-0.25, -0.2) is 4.39 Å².